The van der Waals surface area contributed by atoms with Gasteiger partial charge >= 0.3 is 5.97 Å². The summed E-state index contributed by atoms with van der Waals surface area (Å²) in [7, 11) is 0. The summed E-state index contributed by atoms with van der Waals surface area (Å²) in [5, 5.41) is 8.92. The van der Waals surface area contributed by atoms with Crippen molar-refractivity contribution in [2.45, 2.75) is 5.88 Å². The van der Waals surface area contributed by atoms with Gasteiger partial charge < -0.3 is 5.11 Å². The molecule has 3 nitrogen and oxygen atoms in total. The Bertz CT molecular complexity index is 555. The van der Waals surface area contributed by atoms with Gasteiger partial charge in [0.2, 0.25) is 0 Å². The molecule has 0 aliphatic heterocycles. The van der Waals surface area contributed by atoms with Crippen molar-refractivity contribution in [3.63, 3.8) is 0 Å². The van der Waals surface area contributed by atoms with Gasteiger partial charge in [-0.05, 0) is 29.3 Å². The van der Waals surface area contributed by atoms with Gasteiger partial charge in [0.15, 0.2) is 0 Å². The lowest BCUT2D eigenvalue weighted by Gasteiger charge is -2.04. The summed E-state index contributed by atoms with van der Waals surface area (Å²) in [5.41, 5.74) is 2.86. The Morgan fingerprint density at radius 3 is 2.76 bits per heavy atom. The van der Waals surface area contributed by atoms with Crippen molar-refractivity contribution in [2.24, 2.45) is 0 Å². The van der Waals surface area contributed by atoms with Crippen molar-refractivity contribution in [3.8, 4) is 11.1 Å². The molecule has 1 heterocycles. The Kier molecular flexibility index (Phi) is 3.40. The molecular formula is C13H10ClNO2. The topological polar surface area (TPSA) is 50.2 Å². The molecule has 2 rings (SSSR count). The largest absolute Gasteiger partial charge is 0.478 e. The molecule has 4 heteroatoms. The molecule has 0 saturated carbocycles. The van der Waals surface area contributed by atoms with Gasteiger partial charge in [0.05, 0.1) is 5.56 Å². The fourth-order valence-corrected chi connectivity index (χ4v) is 1.70. The molecule has 0 aliphatic carbocycles. The Morgan fingerprint density at radius 2 is 2.06 bits per heavy atom. The van der Waals surface area contributed by atoms with Gasteiger partial charge in [0.1, 0.15) is 0 Å². The van der Waals surface area contributed by atoms with Crippen molar-refractivity contribution < 1.29 is 9.90 Å². The fraction of sp³-hybridized carbons (Fsp3) is 0.0769. The second-order valence-corrected chi connectivity index (χ2v) is 3.87. The van der Waals surface area contributed by atoms with Gasteiger partial charge in [0, 0.05) is 23.8 Å². The van der Waals surface area contributed by atoms with Crippen LogP contribution in [0, 0.1) is 0 Å². The summed E-state index contributed by atoms with van der Waals surface area (Å²) >= 11 is 5.73. The predicted molar refractivity (Wildman–Crippen MR) is 66.2 cm³/mol. The molecule has 86 valence electrons. The normalized spacial score (nSPS) is 10.2. The molecule has 0 radical (unpaired) electrons. The highest BCUT2D eigenvalue weighted by atomic mass is 35.5. The van der Waals surface area contributed by atoms with E-state index in [4.69, 9.17) is 16.7 Å². The Labute approximate surface area is 104 Å². The zero-order valence-electron chi connectivity index (χ0n) is 8.93. The van der Waals surface area contributed by atoms with Crippen molar-refractivity contribution in [1.82, 2.24) is 4.98 Å². The molecule has 0 saturated heterocycles. The van der Waals surface area contributed by atoms with E-state index >= 15 is 0 Å². The van der Waals surface area contributed by atoms with Gasteiger partial charge in [-0.15, -0.1) is 11.6 Å². The van der Waals surface area contributed by atoms with E-state index in [-0.39, 0.29) is 5.56 Å². The monoisotopic (exact) mass is 247 g/mol. The minimum atomic E-state index is -0.937. The third kappa shape index (κ3) is 2.63. The molecule has 1 aromatic heterocycles. The molecule has 17 heavy (non-hydrogen) atoms. The Morgan fingerprint density at radius 1 is 1.24 bits per heavy atom. The average Bonchev–Trinajstić information content (AvgIpc) is 2.39. The van der Waals surface area contributed by atoms with Crippen molar-refractivity contribution in [3.05, 3.63) is 53.9 Å². The smallest absolute Gasteiger partial charge is 0.335 e. The van der Waals surface area contributed by atoms with Crippen LogP contribution in [-0.4, -0.2) is 16.1 Å². The van der Waals surface area contributed by atoms with Gasteiger partial charge in [-0.25, -0.2) is 4.79 Å². The number of aromatic nitrogens is 1. The number of pyridine rings is 1. The molecular weight excluding hydrogens is 238 g/mol. The number of carboxylic acids is 1. The van der Waals surface area contributed by atoms with Crippen LogP contribution in [0.3, 0.4) is 0 Å². The van der Waals surface area contributed by atoms with Crippen LogP contribution in [0.5, 0.6) is 0 Å². The summed E-state index contributed by atoms with van der Waals surface area (Å²) in [4.78, 5) is 14.9. The average molecular weight is 248 g/mol. The summed E-state index contributed by atoms with van der Waals surface area (Å²) in [6, 6.07) is 8.65. The Hall–Kier alpha value is -1.87. The van der Waals surface area contributed by atoms with Crippen LogP contribution in [0.4, 0.5) is 0 Å². The fourth-order valence-electron chi connectivity index (χ4n) is 1.55. The third-order valence-electron chi connectivity index (χ3n) is 2.39. The quantitative estimate of drug-likeness (QED) is 0.848. The molecule has 1 aromatic carbocycles. The van der Waals surface area contributed by atoms with E-state index in [1.807, 2.05) is 12.1 Å². The highest BCUT2D eigenvalue weighted by Gasteiger charge is 2.05. The highest BCUT2D eigenvalue weighted by Crippen LogP contribution is 2.21. The van der Waals surface area contributed by atoms with Gasteiger partial charge in [-0.3, -0.25) is 4.98 Å². The van der Waals surface area contributed by atoms with Crippen LogP contribution in [-0.2, 0) is 5.88 Å². The molecule has 2 aromatic rings. The highest BCUT2D eigenvalue weighted by molar-refractivity contribution is 6.17. The second kappa shape index (κ2) is 4.97. The van der Waals surface area contributed by atoms with E-state index < -0.39 is 5.97 Å². The summed E-state index contributed by atoms with van der Waals surface area (Å²) in [5.74, 6) is -0.548. The molecule has 0 amide bonds. The first-order valence-electron chi connectivity index (χ1n) is 5.04. The van der Waals surface area contributed by atoms with Crippen LogP contribution < -0.4 is 0 Å². The number of hydrogen-bond donors (Lipinski definition) is 1. The first kappa shape index (κ1) is 11.6. The summed E-state index contributed by atoms with van der Waals surface area (Å²) < 4.78 is 0. The van der Waals surface area contributed by atoms with Crippen LogP contribution in [0.15, 0.2) is 42.7 Å². The van der Waals surface area contributed by atoms with E-state index in [0.29, 0.717) is 5.88 Å². The maximum Gasteiger partial charge on any atom is 0.335 e. The molecule has 0 bridgehead atoms. The lowest BCUT2D eigenvalue weighted by atomic mass is 10.0. The van der Waals surface area contributed by atoms with Crippen molar-refractivity contribution in [1.29, 1.82) is 0 Å². The molecule has 1 N–H and O–H groups in total. The van der Waals surface area contributed by atoms with E-state index in [1.165, 1.54) is 0 Å². The van der Waals surface area contributed by atoms with Crippen LogP contribution in [0.2, 0.25) is 0 Å². The first-order chi connectivity index (χ1) is 8.20. The van der Waals surface area contributed by atoms with Crippen LogP contribution >= 0.6 is 11.6 Å². The zero-order valence-corrected chi connectivity index (χ0v) is 9.69. The van der Waals surface area contributed by atoms with E-state index in [9.17, 15) is 4.79 Å². The number of carboxylic acid groups (broad SMARTS) is 1. The molecule has 0 aliphatic rings. The molecule has 0 atom stereocenters. The van der Waals surface area contributed by atoms with Crippen LogP contribution in [0.25, 0.3) is 11.1 Å². The zero-order chi connectivity index (χ0) is 12.3. The number of halogens is 1. The lowest BCUT2D eigenvalue weighted by Crippen LogP contribution is -1.96. The van der Waals surface area contributed by atoms with Crippen molar-refractivity contribution in [2.75, 3.05) is 0 Å². The predicted octanol–water partition coefficient (Wildman–Crippen LogP) is 3.19. The standard InChI is InChI=1S/C13H10ClNO2/c14-6-9-4-12(8-15-7-9)10-2-1-3-11(5-10)13(16)17/h1-5,7-8H,6H2,(H,16,17). The summed E-state index contributed by atoms with van der Waals surface area (Å²) in [6.07, 6.45) is 3.38. The van der Waals surface area contributed by atoms with Crippen LogP contribution in [0.1, 0.15) is 15.9 Å². The van der Waals surface area contributed by atoms with E-state index in [1.54, 1.807) is 30.6 Å². The van der Waals surface area contributed by atoms with Gasteiger partial charge in [-0.2, -0.15) is 0 Å². The maximum atomic E-state index is 10.9. The lowest BCUT2D eigenvalue weighted by molar-refractivity contribution is 0.0697. The third-order valence-corrected chi connectivity index (χ3v) is 2.70. The first-order valence-corrected chi connectivity index (χ1v) is 5.58. The maximum absolute atomic E-state index is 10.9. The van der Waals surface area contributed by atoms with Gasteiger partial charge in [-0.1, -0.05) is 12.1 Å². The molecule has 0 spiro atoms. The van der Waals surface area contributed by atoms with Crippen molar-refractivity contribution >= 4 is 17.6 Å². The second-order valence-electron chi connectivity index (χ2n) is 3.60. The number of benzene rings is 1. The number of nitrogens with zero attached hydrogens (tertiary/aromatic N) is 1. The van der Waals surface area contributed by atoms with E-state index in [0.717, 1.165) is 16.7 Å². The van der Waals surface area contributed by atoms with Gasteiger partial charge in [0.25, 0.3) is 0 Å². The number of carbonyl (C=O) groups is 1. The molecule has 0 fully saturated rings. The molecule has 0 unspecified atom stereocenters. The number of rotatable bonds is 3. The minimum Gasteiger partial charge on any atom is -0.478 e. The number of alkyl halides is 1. The Balaban J connectivity index is 2.45. The summed E-state index contributed by atoms with van der Waals surface area (Å²) in [6.45, 7) is 0. The SMILES string of the molecule is O=C(O)c1cccc(-c2cncc(CCl)c2)c1. The number of hydrogen-bond acceptors (Lipinski definition) is 2. The number of aromatic carboxylic acids is 1. The van der Waals surface area contributed by atoms with E-state index in [2.05, 4.69) is 4.98 Å². The minimum absolute atomic E-state index is 0.263.